The summed E-state index contributed by atoms with van der Waals surface area (Å²) in [6, 6.07) is 17.8. The first-order valence-corrected chi connectivity index (χ1v) is 9.89. The van der Waals surface area contributed by atoms with Gasteiger partial charge in [0.05, 0.1) is 12.5 Å². The van der Waals surface area contributed by atoms with Gasteiger partial charge in [0.15, 0.2) is 0 Å². The second kappa shape index (κ2) is 7.62. The molecule has 2 aromatic carbocycles. The van der Waals surface area contributed by atoms with Gasteiger partial charge in [0, 0.05) is 41.3 Å². The van der Waals surface area contributed by atoms with Crippen LogP contribution < -0.4 is 10.6 Å². The summed E-state index contributed by atoms with van der Waals surface area (Å²) in [5, 5.41) is 15.6. The Morgan fingerprint density at radius 3 is 2.89 bits per heavy atom. The maximum Gasteiger partial charge on any atom is 0.138 e. The van der Waals surface area contributed by atoms with Crippen LogP contribution in [0.5, 0.6) is 0 Å². The highest BCUT2D eigenvalue weighted by Crippen LogP contribution is 2.29. The Morgan fingerprint density at radius 2 is 2.04 bits per heavy atom. The van der Waals surface area contributed by atoms with Crippen LogP contribution in [0, 0.1) is 0 Å². The van der Waals surface area contributed by atoms with Gasteiger partial charge < -0.3 is 15.1 Å². The predicted molar refractivity (Wildman–Crippen MR) is 111 cm³/mol. The molecule has 5 nitrogen and oxygen atoms in total. The van der Waals surface area contributed by atoms with Crippen LogP contribution in [-0.4, -0.2) is 22.8 Å². The molecule has 0 amide bonds. The third-order valence-corrected chi connectivity index (χ3v) is 5.63. The Kier molecular flexibility index (Phi) is 4.69. The van der Waals surface area contributed by atoms with Crippen molar-refractivity contribution < 1.29 is 4.42 Å². The van der Waals surface area contributed by atoms with Crippen molar-refractivity contribution in [2.45, 2.75) is 31.5 Å². The first kappa shape index (κ1) is 17.2. The Labute approximate surface area is 164 Å². The SMILES string of the molecule is c1ccc([C@@H]2NCCC[C@@H]2NCc2cc(-c3cn[nH]c3)cc3ccoc23)cc1. The summed E-state index contributed by atoms with van der Waals surface area (Å²) >= 11 is 0. The Bertz CT molecular complexity index is 1040. The summed E-state index contributed by atoms with van der Waals surface area (Å²) in [6.45, 7) is 1.83. The molecule has 5 rings (SSSR count). The average molecular weight is 372 g/mol. The summed E-state index contributed by atoms with van der Waals surface area (Å²) in [5.41, 5.74) is 5.72. The second-order valence-electron chi connectivity index (χ2n) is 7.43. The van der Waals surface area contributed by atoms with E-state index >= 15 is 0 Å². The van der Waals surface area contributed by atoms with Crippen molar-refractivity contribution in [1.29, 1.82) is 0 Å². The summed E-state index contributed by atoms with van der Waals surface area (Å²) < 4.78 is 5.79. The van der Waals surface area contributed by atoms with Crippen molar-refractivity contribution in [1.82, 2.24) is 20.8 Å². The van der Waals surface area contributed by atoms with Crippen molar-refractivity contribution in [2.75, 3.05) is 6.54 Å². The molecule has 1 aliphatic rings. The lowest BCUT2D eigenvalue weighted by Gasteiger charge is -2.34. The minimum Gasteiger partial charge on any atom is -0.464 e. The van der Waals surface area contributed by atoms with E-state index in [-0.39, 0.29) is 0 Å². The van der Waals surface area contributed by atoms with Crippen molar-refractivity contribution in [2.24, 2.45) is 0 Å². The number of furan rings is 1. The molecule has 3 N–H and O–H groups in total. The fraction of sp³-hybridized carbons (Fsp3) is 0.261. The van der Waals surface area contributed by atoms with Gasteiger partial charge in [0.25, 0.3) is 0 Å². The predicted octanol–water partition coefficient (Wildman–Crippen LogP) is 4.41. The number of benzene rings is 2. The van der Waals surface area contributed by atoms with Crippen LogP contribution in [0.1, 0.15) is 30.0 Å². The molecule has 2 aromatic heterocycles. The molecule has 142 valence electrons. The molecule has 1 saturated heterocycles. The minimum atomic E-state index is 0.332. The number of nitrogens with one attached hydrogen (secondary N) is 3. The molecule has 0 bridgehead atoms. The van der Waals surface area contributed by atoms with Crippen molar-refractivity contribution >= 4 is 11.0 Å². The number of rotatable bonds is 5. The molecule has 0 radical (unpaired) electrons. The zero-order valence-electron chi connectivity index (χ0n) is 15.7. The highest BCUT2D eigenvalue weighted by atomic mass is 16.3. The fourth-order valence-corrected chi connectivity index (χ4v) is 4.22. The van der Waals surface area contributed by atoms with Crippen LogP contribution in [-0.2, 0) is 6.54 Å². The maximum absolute atomic E-state index is 5.79. The first-order chi connectivity index (χ1) is 13.9. The van der Waals surface area contributed by atoms with Gasteiger partial charge in [-0.25, -0.2) is 0 Å². The number of piperidine rings is 1. The Morgan fingerprint density at radius 1 is 1.11 bits per heavy atom. The molecule has 3 heterocycles. The largest absolute Gasteiger partial charge is 0.464 e. The third kappa shape index (κ3) is 3.35. The van der Waals surface area contributed by atoms with E-state index in [1.54, 1.807) is 6.26 Å². The summed E-state index contributed by atoms with van der Waals surface area (Å²) in [4.78, 5) is 0. The molecule has 28 heavy (non-hydrogen) atoms. The van der Waals surface area contributed by atoms with Crippen LogP contribution >= 0.6 is 0 Å². The lowest BCUT2D eigenvalue weighted by molar-refractivity contribution is 0.304. The highest BCUT2D eigenvalue weighted by molar-refractivity contribution is 5.86. The first-order valence-electron chi connectivity index (χ1n) is 9.89. The number of aromatic nitrogens is 2. The standard InChI is InChI=1S/C23H24N4O/c1-2-5-16(6-3-1)22-21(7-4-9-24-22)25-13-19-12-18(20-14-26-27-15-20)11-17-8-10-28-23(17)19/h1-3,5-6,8,10-12,14-15,21-22,24-25H,4,7,9,13H2,(H,26,27)/t21-,22-/m0/s1. The molecule has 0 saturated carbocycles. The topological polar surface area (TPSA) is 65.9 Å². The third-order valence-electron chi connectivity index (χ3n) is 5.63. The van der Waals surface area contributed by atoms with E-state index in [9.17, 15) is 0 Å². The van der Waals surface area contributed by atoms with Gasteiger partial charge in [0.2, 0.25) is 0 Å². The van der Waals surface area contributed by atoms with Gasteiger partial charge in [-0.2, -0.15) is 5.10 Å². The van der Waals surface area contributed by atoms with E-state index in [1.165, 1.54) is 17.5 Å². The monoisotopic (exact) mass is 372 g/mol. The van der Waals surface area contributed by atoms with Crippen molar-refractivity contribution in [3.8, 4) is 11.1 Å². The minimum absolute atomic E-state index is 0.332. The number of hydrogen-bond donors (Lipinski definition) is 3. The van der Waals surface area contributed by atoms with Gasteiger partial charge in [-0.3, -0.25) is 5.10 Å². The van der Waals surface area contributed by atoms with E-state index < -0.39 is 0 Å². The quantitative estimate of drug-likeness (QED) is 0.486. The van der Waals surface area contributed by atoms with Crippen LogP contribution in [0.2, 0.25) is 0 Å². The van der Waals surface area contributed by atoms with E-state index in [0.29, 0.717) is 12.1 Å². The second-order valence-corrected chi connectivity index (χ2v) is 7.43. The smallest absolute Gasteiger partial charge is 0.138 e. The molecule has 5 heteroatoms. The molecule has 0 unspecified atom stereocenters. The summed E-state index contributed by atoms with van der Waals surface area (Å²) in [6.07, 6.45) is 7.90. The molecular weight excluding hydrogens is 348 g/mol. The van der Waals surface area contributed by atoms with Gasteiger partial charge in [0.1, 0.15) is 5.58 Å². The van der Waals surface area contributed by atoms with Crippen LogP contribution in [0.25, 0.3) is 22.1 Å². The van der Waals surface area contributed by atoms with Gasteiger partial charge >= 0.3 is 0 Å². The fourth-order valence-electron chi connectivity index (χ4n) is 4.22. The molecule has 2 atom stereocenters. The summed E-state index contributed by atoms with van der Waals surface area (Å²) in [7, 11) is 0. The average Bonchev–Trinajstić information content (AvgIpc) is 3.44. The molecular formula is C23H24N4O. The summed E-state index contributed by atoms with van der Waals surface area (Å²) in [5.74, 6) is 0. The maximum atomic E-state index is 5.79. The molecule has 0 aliphatic carbocycles. The van der Waals surface area contributed by atoms with Crippen LogP contribution in [0.3, 0.4) is 0 Å². The zero-order chi connectivity index (χ0) is 18.8. The Hall–Kier alpha value is -2.89. The van der Waals surface area contributed by atoms with Gasteiger partial charge in [-0.05, 0) is 48.7 Å². The number of aromatic amines is 1. The molecule has 1 fully saturated rings. The van der Waals surface area contributed by atoms with Crippen molar-refractivity contribution in [3.05, 3.63) is 78.3 Å². The zero-order valence-corrected chi connectivity index (χ0v) is 15.7. The van der Waals surface area contributed by atoms with E-state index in [4.69, 9.17) is 4.42 Å². The number of hydrogen-bond acceptors (Lipinski definition) is 4. The molecule has 4 aromatic rings. The highest BCUT2D eigenvalue weighted by Gasteiger charge is 2.25. The van der Waals surface area contributed by atoms with Crippen molar-refractivity contribution in [3.63, 3.8) is 0 Å². The van der Waals surface area contributed by atoms with Crippen LogP contribution in [0.15, 0.2) is 71.6 Å². The van der Waals surface area contributed by atoms with E-state index in [2.05, 4.69) is 63.3 Å². The lowest BCUT2D eigenvalue weighted by atomic mass is 9.92. The lowest BCUT2D eigenvalue weighted by Crippen LogP contribution is -2.45. The number of nitrogens with zero attached hydrogens (tertiary/aromatic N) is 1. The Balaban J connectivity index is 1.41. The normalized spacial score (nSPS) is 19.9. The van der Waals surface area contributed by atoms with Gasteiger partial charge in [-0.1, -0.05) is 30.3 Å². The molecule has 0 spiro atoms. The van der Waals surface area contributed by atoms with E-state index in [1.807, 2.05) is 18.5 Å². The van der Waals surface area contributed by atoms with E-state index in [0.717, 1.165) is 41.6 Å². The molecule has 1 aliphatic heterocycles. The number of H-pyrrole nitrogens is 1. The van der Waals surface area contributed by atoms with Gasteiger partial charge in [-0.15, -0.1) is 0 Å². The number of fused-ring (bicyclic) bond motifs is 1. The van der Waals surface area contributed by atoms with Crippen LogP contribution in [0.4, 0.5) is 0 Å².